The number of aromatic nitrogens is 2. The molecule has 0 unspecified atom stereocenters. The zero-order valence-corrected chi connectivity index (χ0v) is 20.8. The number of likely N-dealkylation sites (tertiary alicyclic amines) is 1. The lowest BCUT2D eigenvalue weighted by Gasteiger charge is -2.20. The number of hydrogen-bond acceptors (Lipinski definition) is 8. The molecule has 1 fully saturated rings. The minimum absolute atomic E-state index is 0.0916. The van der Waals surface area contributed by atoms with Gasteiger partial charge in [0.15, 0.2) is 0 Å². The van der Waals surface area contributed by atoms with E-state index in [-0.39, 0.29) is 23.2 Å². The Morgan fingerprint density at radius 1 is 1.08 bits per heavy atom. The highest BCUT2D eigenvalue weighted by Gasteiger charge is 2.22. The van der Waals surface area contributed by atoms with Gasteiger partial charge in [-0.1, -0.05) is 6.07 Å². The normalized spacial score (nSPS) is 21.5. The number of hydrogen-bond donors (Lipinski definition) is 3. The van der Waals surface area contributed by atoms with Crippen LogP contribution in [0.5, 0.6) is 5.75 Å². The Balaban J connectivity index is 1.52. The van der Waals surface area contributed by atoms with Crippen molar-refractivity contribution in [3.05, 3.63) is 60.3 Å². The summed E-state index contributed by atoms with van der Waals surface area (Å²) in [5.74, 6) is 0.397. The number of nitrogens with one attached hydrogen (secondary N) is 3. The second-order valence-corrected chi connectivity index (χ2v) is 10.1. The molecule has 2 heterocycles. The van der Waals surface area contributed by atoms with Gasteiger partial charge in [0, 0.05) is 50.2 Å². The molecule has 1 saturated heterocycles. The number of nitrogens with zero attached hydrogens (tertiary/aromatic N) is 3. The van der Waals surface area contributed by atoms with Crippen LogP contribution in [0.25, 0.3) is 0 Å². The molecule has 1 aliphatic heterocycles. The van der Waals surface area contributed by atoms with Crippen molar-refractivity contribution in [2.75, 3.05) is 36.8 Å². The van der Waals surface area contributed by atoms with Gasteiger partial charge in [0.1, 0.15) is 18.1 Å². The van der Waals surface area contributed by atoms with Crippen LogP contribution in [0.3, 0.4) is 0 Å². The molecule has 4 rings (SSSR count). The maximum absolute atomic E-state index is 13.4. The molecule has 1 aliphatic rings. The number of sulfonamides is 1. The van der Waals surface area contributed by atoms with E-state index in [4.69, 9.17) is 22.6 Å². The molecule has 10 heteroatoms. The van der Waals surface area contributed by atoms with Crippen molar-refractivity contribution in [3.8, 4) is 5.75 Å². The molecule has 3 aromatic rings. The smallest absolute Gasteiger partial charge is 0.241 e. The first kappa shape index (κ1) is 14.7. The van der Waals surface area contributed by atoms with Gasteiger partial charge >= 0.3 is 0 Å². The lowest BCUT2D eigenvalue weighted by atomic mass is 10.1. The van der Waals surface area contributed by atoms with Crippen LogP contribution in [-0.2, 0) is 10.0 Å². The maximum Gasteiger partial charge on any atom is 0.241 e. The highest BCUT2D eigenvalue weighted by Crippen LogP contribution is 2.24. The van der Waals surface area contributed by atoms with Crippen LogP contribution >= 0.6 is 0 Å². The molecule has 0 aliphatic carbocycles. The van der Waals surface area contributed by atoms with Gasteiger partial charge in [0.05, 0.1) is 7.64 Å². The predicted molar refractivity (Wildman–Crippen MR) is 147 cm³/mol. The zero-order valence-electron chi connectivity index (χ0n) is 33.0. The largest absolute Gasteiger partial charge is 0.492 e. The van der Waals surface area contributed by atoms with Crippen molar-refractivity contribution >= 4 is 33.2 Å². The van der Waals surface area contributed by atoms with E-state index in [9.17, 15) is 8.42 Å². The Morgan fingerprint density at radius 2 is 1.84 bits per heavy atom. The van der Waals surface area contributed by atoms with Crippen molar-refractivity contribution in [2.45, 2.75) is 50.8 Å². The fraction of sp³-hybridized carbons (Fsp3) is 0.407. The minimum atomic E-state index is -5.04. The van der Waals surface area contributed by atoms with E-state index in [1.165, 1.54) is 40.1 Å². The summed E-state index contributed by atoms with van der Waals surface area (Å²) < 4.78 is 136. The summed E-state index contributed by atoms with van der Waals surface area (Å²) in [4.78, 5) is 9.43. The van der Waals surface area contributed by atoms with Gasteiger partial charge in [-0.2, -0.15) is 4.98 Å². The van der Waals surface area contributed by atoms with E-state index >= 15 is 0 Å². The number of benzene rings is 2. The van der Waals surface area contributed by atoms with Crippen LogP contribution in [0, 0.1) is 6.92 Å². The summed E-state index contributed by atoms with van der Waals surface area (Å²) in [7, 11) is -5.04. The van der Waals surface area contributed by atoms with Gasteiger partial charge in [-0.25, -0.2) is 18.1 Å². The standard InChI is InChI=1S/C27H36N6O3S/c1-20-19-28-26(30-21-10-12-23(13-11-21)36-17-16-33-14-5-6-15-33)31-25(20)29-22-8-7-9-24(18-22)37(34,35)32-27(2,3)4/h7-13,18-19,32H,5-6,14-17H2,1-4H3,(H2,28,29,30,31)/i2D3,3D3,4D3,16D2,17D2. The topological polar surface area (TPSA) is 108 Å². The van der Waals surface area contributed by atoms with Gasteiger partial charge in [0.2, 0.25) is 16.0 Å². The molecule has 37 heavy (non-hydrogen) atoms. The molecule has 0 spiro atoms. The summed E-state index contributed by atoms with van der Waals surface area (Å²) in [6.07, 6.45) is 3.01. The maximum atomic E-state index is 13.4. The van der Waals surface area contributed by atoms with Crippen LogP contribution in [0.2, 0.25) is 0 Å². The summed E-state index contributed by atoms with van der Waals surface area (Å²) in [5.41, 5.74) is -2.70. The Bertz CT molecular complexity index is 1740. The first-order valence-corrected chi connectivity index (χ1v) is 12.8. The fourth-order valence-electron chi connectivity index (χ4n) is 3.48. The first-order chi connectivity index (χ1) is 22.8. The van der Waals surface area contributed by atoms with Crippen molar-refractivity contribution in [3.63, 3.8) is 0 Å². The number of anilines is 4. The fourth-order valence-corrected chi connectivity index (χ4v) is 4.54. The van der Waals surface area contributed by atoms with Gasteiger partial charge in [0.25, 0.3) is 0 Å². The van der Waals surface area contributed by atoms with Gasteiger partial charge in [-0.3, -0.25) is 4.90 Å². The third-order valence-corrected chi connectivity index (χ3v) is 6.70. The Labute approximate surface area is 238 Å². The van der Waals surface area contributed by atoms with Crippen LogP contribution in [-0.4, -0.2) is 55.0 Å². The van der Waals surface area contributed by atoms with E-state index in [1.54, 1.807) is 19.1 Å². The molecule has 0 bridgehead atoms. The average molecular weight is 538 g/mol. The van der Waals surface area contributed by atoms with Crippen molar-refractivity contribution in [1.82, 2.24) is 19.6 Å². The van der Waals surface area contributed by atoms with Crippen molar-refractivity contribution < 1.29 is 31.0 Å². The van der Waals surface area contributed by atoms with Crippen molar-refractivity contribution in [1.29, 1.82) is 0 Å². The molecule has 9 nitrogen and oxygen atoms in total. The highest BCUT2D eigenvalue weighted by molar-refractivity contribution is 7.89. The Morgan fingerprint density at radius 3 is 2.57 bits per heavy atom. The van der Waals surface area contributed by atoms with E-state index < -0.39 is 54.1 Å². The zero-order chi connectivity index (χ0) is 37.6. The lowest BCUT2D eigenvalue weighted by Crippen LogP contribution is -2.40. The summed E-state index contributed by atoms with van der Waals surface area (Å²) in [5, 5.41) is 5.89. The number of aryl methyl sites for hydroxylation is 1. The summed E-state index contributed by atoms with van der Waals surface area (Å²) in [6.45, 7) is -13.8. The molecule has 0 radical (unpaired) electrons. The van der Waals surface area contributed by atoms with Crippen LogP contribution in [0.4, 0.5) is 23.1 Å². The van der Waals surface area contributed by atoms with Gasteiger partial charge < -0.3 is 15.4 Å². The molecule has 0 amide bonds. The predicted octanol–water partition coefficient (Wildman–Crippen LogP) is 4.82. The molecule has 2 aromatic carbocycles. The number of ether oxygens (including phenoxy) is 1. The van der Waals surface area contributed by atoms with Gasteiger partial charge in [-0.15, -0.1) is 0 Å². The Kier molecular flexibility index (Phi) is 4.54. The lowest BCUT2D eigenvalue weighted by molar-refractivity contribution is 0.238. The quantitative estimate of drug-likeness (QED) is 0.338. The van der Waals surface area contributed by atoms with Gasteiger partial charge in [-0.05, 0) is 95.9 Å². The van der Waals surface area contributed by atoms with E-state index in [2.05, 4.69) is 20.6 Å². The third-order valence-electron chi connectivity index (χ3n) is 5.26. The monoisotopic (exact) mass is 537 g/mol. The molecule has 1 aromatic heterocycles. The average Bonchev–Trinajstić information content (AvgIpc) is 3.53. The van der Waals surface area contributed by atoms with E-state index in [0.29, 0.717) is 24.3 Å². The Hall–Kier alpha value is -3.21. The third kappa shape index (κ3) is 7.88. The van der Waals surface area contributed by atoms with Crippen LogP contribution in [0.1, 0.15) is 56.8 Å². The summed E-state index contributed by atoms with van der Waals surface area (Å²) >= 11 is 0. The van der Waals surface area contributed by atoms with E-state index in [1.807, 2.05) is 0 Å². The van der Waals surface area contributed by atoms with E-state index in [0.717, 1.165) is 25.0 Å². The molecule has 198 valence electrons. The first-order valence-electron chi connectivity index (χ1n) is 17.9. The minimum Gasteiger partial charge on any atom is -0.492 e. The van der Waals surface area contributed by atoms with Crippen molar-refractivity contribution in [2.24, 2.45) is 0 Å². The second kappa shape index (κ2) is 11.5. The molecule has 3 N–H and O–H groups in total. The molecular weight excluding hydrogens is 488 g/mol. The number of rotatable bonds is 10. The summed E-state index contributed by atoms with van der Waals surface area (Å²) in [6, 6.07) is 10.8. The van der Waals surface area contributed by atoms with Crippen LogP contribution in [0.15, 0.2) is 59.6 Å². The SMILES string of the molecule is [2H]C([2H])([2H])C(NS(=O)(=O)c1cccc(Nc2nc(Nc3ccc(OC([2H])([2H])C([2H])([2H])N4CCCC4)cc3)ncc2C)c1)(C([2H])([2H])[2H])C([2H])([2H])[2H]. The second-order valence-electron chi connectivity index (χ2n) is 8.39. The van der Waals surface area contributed by atoms with Crippen LogP contribution < -0.4 is 20.1 Å². The molecular formula is C27H36N6O3S. The molecule has 0 atom stereocenters. The highest BCUT2D eigenvalue weighted by atomic mass is 32.2. The molecule has 0 saturated carbocycles.